The summed E-state index contributed by atoms with van der Waals surface area (Å²) in [4.78, 5) is 168. The van der Waals surface area contributed by atoms with Crippen molar-refractivity contribution in [3.63, 3.8) is 0 Å². The predicted octanol–water partition coefficient (Wildman–Crippen LogP) is -4.48. The summed E-state index contributed by atoms with van der Waals surface area (Å²) in [5.74, 6) is -14.5. The van der Waals surface area contributed by atoms with Crippen LogP contribution in [0.15, 0.2) is 0 Å². The van der Waals surface area contributed by atoms with Gasteiger partial charge in [-0.25, -0.2) is 4.79 Å². The number of aliphatic carboxylic acids is 3. The van der Waals surface area contributed by atoms with E-state index in [9.17, 15) is 77.6 Å². The van der Waals surface area contributed by atoms with Crippen molar-refractivity contribution in [2.45, 2.75) is 174 Å². The van der Waals surface area contributed by atoms with Crippen molar-refractivity contribution in [2.75, 3.05) is 26.2 Å². The summed E-state index contributed by atoms with van der Waals surface area (Å²) in [6.07, 6.45) is -2.95. The Morgan fingerprint density at radius 1 is 0.532 bits per heavy atom. The molecule has 0 saturated carbocycles. The average Bonchev–Trinajstić information content (AvgIpc) is 3.83. The molecule has 16 N–H and O–H groups in total. The lowest BCUT2D eigenvalue weighted by Gasteiger charge is -2.31. The number of nitrogens with two attached hydrogens (primary N) is 1. The van der Waals surface area contributed by atoms with Crippen LogP contribution in [0.4, 0.5) is 0 Å². The second-order valence-corrected chi connectivity index (χ2v) is 20.4. The second-order valence-electron chi connectivity index (χ2n) is 20.4. The SMILES string of the molecule is CC(C)C[C@H](NC(=O)[C@H](CO)NC(=O)[C@@H](NC(=O)[C@@H](NC(=O)[C@@H](NC(=O)[C@@H](N)CC(C)C)C(C)C)[C@@H](C)O)C(C)C)C(=O)N1CCC[C@H]1C(=O)NCC(=O)NCC(=O)N[C@@H](CCC(=O)O)C(=O)N[C@@H](CCC(=O)O)C(=O)O. The van der Waals surface area contributed by atoms with Crippen LogP contribution in [0.2, 0.25) is 0 Å². The van der Waals surface area contributed by atoms with Crippen LogP contribution < -0.4 is 53.6 Å². The Morgan fingerprint density at radius 3 is 1.48 bits per heavy atom. The van der Waals surface area contributed by atoms with Crippen molar-refractivity contribution in [3.8, 4) is 0 Å². The van der Waals surface area contributed by atoms with Crippen molar-refractivity contribution in [2.24, 2.45) is 29.4 Å². The van der Waals surface area contributed by atoms with Crippen LogP contribution in [0.1, 0.15) is 114 Å². The number of hydrogen-bond donors (Lipinski definition) is 15. The van der Waals surface area contributed by atoms with Crippen LogP contribution in [-0.2, 0) is 62.3 Å². The number of nitrogens with zero attached hydrogens (tertiary/aromatic N) is 1. The van der Waals surface area contributed by atoms with Crippen LogP contribution in [0, 0.1) is 23.7 Å². The number of carboxylic acids is 3. The van der Waals surface area contributed by atoms with Crippen LogP contribution in [-0.4, -0.2) is 194 Å². The molecule has 1 aliphatic heterocycles. The highest BCUT2D eigenvalue weighted by Crippen LogP contribution is 2.21. The van der Waals surface area contributed by atoms with Crippen molar-refractivity contribution >= 4 is 77.0 Å². The highest BCUT2D eigenvalue weighted by atomic mass is 16.4. The van der Waals surface area contributed by atoms with Crippen molar-refractivity contribution in [1.82, 2.24) is 52.8 Å². The average molecular weight is 1100 g/mol. The number of amides is 10. The van der Waals surface area contributed by atoms with E-state index in [1.165, 1.54) is 11.8 Å². The van der Waals surface area contributed by atoms with Gasteiger partial charge in [0, 0.05) is 19.4 Å². The first-order valence-corrected chi connectivity index (χ1v) is 25.5. The highest BCUT2D eigenvalue weighted by Gasteiger charge is 2.40. The largest absolute Gasteiger partial charge is 0.481 e. The summed E-state index contributed by atoms with van der Waals surface area (Å²) in [7, 11) is 0. The molecular weight excluding hydrogens is 1020 g/mol. The zero-order chi connectivity index (χ0) is 59.0. The van der Waals surface area contributed by atoms with Gasteiger partial charge in [0.2, 0.25) is 59.1 Å². The van der Waals surface area contributed by atoms with E-state index in [1.54, 1.807) is 41.5 Å². The van der Waals surface area contributed by atoms with Crippen LogP contribution >= 0.6 is 0 Å². The lowest BCUT2D eigenvalue weighted by atomic mass is 9.99. The minimum atomic E-state index is -1.68. The van der Waals surface area contributed by atoms with E-state index in [0.717, 1.165) is 0 Å². The maximum Gasteiger partial charge on any atom is 0.326 e. The van der Waals surface area contributed by atoms with Crippen molar-refractivity contribution < 1.29 is 87.9 Å². The number of carbonyl (C=O) groups excluding carboxylic acids is 10. The van der Waals surface area contributed by atoms with E-state index in [2.05, 4.69) is 47.9 Å². The van der Waals surface area contributed by atoms with Gasteiger partial charge in [-0.15, -0.1) is 0 Å². The molecule has 0 aromatic heterocycles. The van der Waals surface area contributed by atoms with Crippen LogP contribution in [0.25, 0.3) is 0 Å². The van der Waals surface area contributed by atoms with E-state index in [4.69, 9.17) is 15.9 Å². The number of nitrogens with one attached hydrogen (secondary N) is 9. The molecule has 29 nitrogen and oxygen atoms in total. The van der Waals surface area contributed by atoms with Gasteiger partial charge >= 0.3 is 17.9 Å². The van der Waals surface area contributed by atoms with Gasteiger partial charge in [0.25, 0.3) is 0 Å². The zero-order valence-electron chi connectivity index (χ0n) is 45.1. The number of hydrogen-bond acceptors (Lipinski definition) is 16. The molecule has 1 heterocycles. The molecule has 0 bridgehead atoms. The Hall–Kier alpha value is -7.01. The van der Waals surface area contributed by atoms with E-state index in [0.29, 0.717) is 12.8 Å². The maximum atomic E-state index is 14.1. The highest BCUT2D eigenvalue weighted by molar-refractivity contribution is 5.98. The molecule has 0 unspecified atom stereocenters. The Kier molecular flexibility index (Phi) is 29.3. The topological polar surface area (TPSA) is 461 Å². The van der Waals surface area contributed by atoms with E-state index in [1.807, 2.05) is 13.8 Å². The van der Waals surface area contributed by atoms with Crippen LogP contribution in [0.5, 0.6) is 0 Å². The van der Waals surface area contributed by atoms with Gasteiger partial charge < -0.3 is 84.0 Å². The summed E-state index contributed by atoms with van der Waals surface area (Å²) < 4.78 is 0. The molecule has 0 radical (unpaired) electrons. The van der Waals surface area contributed by atoms with Gasteiger partial charge in [0.15, 0.2) is 0 Å². The molecular formula is C48H81N11O18. The van der Waals surface area contributed by atoms with Crippen molar-refractivity contribution in [3.05, 3.63) is 0 Å². The van der Waals surface area contributed by atoms with Gasteiger partial charge in [-0.3, -0.25) is 57.5 Å². The first-order chi connectivity index (χ1) is 35.8. The number of aliphatic hydroxyl groups excluding tert-OH is 2. The minimum Gasteiger partial charge on any atom is -0.481 e. The molecule has 0 aromatic carbocycles. The monoisotopic (exact) mass is 1100 g/mol. The summed E-state index contributed by atoms with van der Waals surface area (Å²) in [6, 6.07) is -12.5. The molecule has 1 fully saturated rings. The summed E-state index contributed by atoms with van der Waals surface area (Å²) in [5, 5.41) is 69.5. The van der Waals surface area contributed by atoms with Crippen LogP contribution in [0.3, 0.4) is 0 Å². The molecule has 1 saturated heterocycles. The third-order valence-electron chi connectivity index (χ3n) is 12.0. The van der Waals surface area contributed by atoms with E-state index >= 15 is 0 Å². The van der Waals surface area contributed by atoms with Gasteiger partial charge in [-0.1, -0.05) is 55.4 Å². The number of likely N-dealkylation sites (tertiary alicyclic amines) is 1. The fourth-order valence-corrected chi connectivity index (χ4v) is 7.87. The molecule has 0 spiro atoms. The lowest BCUT2D eigenvalue weighted by Crippen LogP contribution is -2.63. The number of carbonyl (C=O) groups is 13. The van der Waals surface area contributed by atoms with Crippen molar-refractivity contribution in [1.29, 1.82) is 0 Å². The van der Waals surface area contributed by atoms with Gasteiger partial charge in [0.05, 0.1) is 31.8 Å². The molecule has 1 aliphatic rings. The number of rotatable bonds is 34. The third-order valence-corrected chi connectivity index (χ3v) is 12.0. The number of carboxylic acid groups (broad SMARTS) is 3. The molecule has 1 rings (SSSR count). The summed E-state index contributed by atoms with van der Waals surface area (Å²) in [6.45, 7) is 12.4. The van der Waals surface area contributed by atoms with E-state index < -0.39 is 195 Å². The Labute approximate surface area is 446 Å². The molecule has 436 valence electrons. The summed E-state index contributed by atoms with van der Waals surface area (Å²) >= 11 is 0. The Bertz CT molecular complexity index is 2100. The Balaban J connectivity index is 3.06. The molecule has 0 aliphatic carbocycles. The molecule has 0 aromatic rings. The first-order valence-electron chi connectivity index (χ1n) is 25.5. The maximum absolute atomic E-state index is 14.1. The Morgan fingerprint density at radius 2 is 0.987 bits per heavy atom. The lowest BCUT2D eigenvalue weighted by molar-refractivity contribution is -0.144. The second kappa shape index (κ2) is 33.2. The van der Waals surface area contributed by atoms with E-state index in [-0.39, 0.29) is 31.2 Å². The fourth-order valence-electron chi connectivity index (χ4n) is 7.87. The summed E-state index contributed by atoms with van der Waals surface area (Å²) in [5.41, 5.74) is 6.00. The number of aliphatic hydroxyl groups is 2. The molecule has 29 heteroatoms. The first kappa shape index (κ1) is 68.0. The van der Waals surface area contributed by atoms with Gasteiger partial charge in [-0.05, 0) is 69.1 Å². The molecule has 10 atom stereocenters. The fraction of sp³-hybridized carbons (Fsp3) is 0.729. The van der Waals surface area contributed by atoms with Gasteiger partial charge in [-0.2, -0.15) is 0 Å². The quantitative estimate of drug-likeness (QED) is 0.0289. The molecule has 10 amide bonds. The zero-order valence-corrected chi connectivity index (χ0v) is 45.1. The normalized spacial score (nSPS) is 16.8. The molecule has 77 heavy (non-hydrogen) atoms. The minimum absolute atomic E-state index is 0.0267. The van der Waals surface area contributed by atoms with Gasteiger partial charge in [0.1, 0.15) is 48.3 Å². The third kappa shape index (κ3) is 24.3. The standard InChI is InChI=1S/C48H81N11O18/c1-22(2)17-27(49)40(68)56-38(25(7)8)45(73)58-39(26(9)61)46(74)57-37(24(5)6)44(72)55-31(21-60)42(70)54-30(18-23(3)4)47(75)59-16-10-11-32(59)43(71)51-19-33(62)50-20-34(63)52-28(12-14-35(64)65)41(69)53-29(48(76)77)13-15-36(66)67/h22-32,37-39,60-61H,10-21,49H2,1-9H3,(H,50,62)(H,51,71)(H,52,63)(H,53,69)(H,54,70)(H,55,72)(H,56,68)(H,57,74)(H,58,73)(H,64,65)(H,66,67)(H,76,77)/t26-,27+,28+,29+,30+,31+,32+,37+,38+,39+/m1/s1. The smallest absolute Gasteiger partial charge is 0.326 e. The predicted molar refractivity (Wildman–Crippen MR) is 271 cm³/mol.